The van der Waals surface area contributed by atoms with Gasteiger partial charge in [0.2, 0.25) is 0 Å². The lowest BCUT2D eigenvalue weighted by molar-refractivity contribution is 0.694. The summed E-state index contributed by atoms with van der Waals surface area (Å²) in [7, 11) is 0. The molecule has 0 aromatic carbocycles. The van der Waals surface area contributed by atoms with Crippen molar-refractivity contribution in [2.75, 3.05) is 0 Å². The second-order valence-electron chi connectivity index (χ2n) is 1.66. The van der Waals surface area contributed by atoms with E-state index in [4.69, 9.17) is 0 Å². The highest BCUT2D eigenvalue weighted by atomic mass is 79.9. The second kappa shape index (κ2) is 1.38. The average Bonchev–Trinajstić information content (AvgIpc) is 1.61. The largest absolute Gasteiger partial charge is 0.0987 e. The topological polar surface area (TPSA) is 0 Å². The number of alkyl halides is 1. The van der Waals surface area contributed by atoms with Crippen LogP contribution in [0.15, 0.2) is 12.2 Å². The molecule has 0 aromatic heterocycles. The van der Waals surface area contributed by atoms with Gasteiger partial charge in [0.15, 0.2) is 0 Å². The highest BCUT2D eigenvalue weighted by molar-refractivity contribution is 9.09. The first kappa shape index (κ1) is 4.38. The average molecular weight is 147 g/mol. The van der Waals surface area contributed by atoms with Gasteiger partial charge < -0.3 is 0 Å². The molecule has 1 heteroatoms. The Labute approximate surface area is 46.4 Å². The van der Waals surface area contributed by atoms with Crippen LogP contribution in [0.4, 0.5) is 0 Å². The van der Waals surface area contributed by atoms with Crippen LogP contribution in [0.1, 0.15) is 12.8 Å². The second-order valence-corrected chi connectivity index (χ2v) is 2.77. The summed E-state index contributed by atoms with van der Waals surface area (Å²) in [4.78, 5) is 0.650. The summed E-state index contributed by atoms with van der Waals surface area (Å²) in [5, 5.41) is 0. The van der Waals surface area contributed by atoms with Crippen LogP contribution in [0.25, 0.3) is 0 Å². The van der Waals surface area contributed by atoms with Crippen molar-refractivity contribution in [3.05, 3.63) is 12.2 Å². The molecular weight excluding hydrogens is 140 g/mol. The number of halogens is 1. The van der Waals surface area contributed by atoms with Gasteiger partial charge in [0.25, 0.3) is 0 Å². The fourth-order valence-electron chi connectivity index (χ4n) is 0.458. The van der Waals surface area contributed by atoms with Crippen LogP contribution >= 0.6 is 15.9 Å². The summed E-state index contributed by atoms with van der Waals surface area (Å²) in [5.41, 5.74) is 1.36. The Morgan fingerprint density at radius 2 is 2.33 bits per heavy atom. The Hall–Kier alpha value is 0.220. The predicted molar refractivity (Wildman–Crippen MR) is 31.1 cm³/mol. The third-order valence-electron chi connectivity index (χ3n) is 1.16. The third kappa shape index (κ3) is 0.515. The zero-order chi connectivity index (χ0) is 4.57. The third-order valence-corrected chi connectivity index (χ3v) is 2.27. The van der Waals surface area contributed by atoms with E-state index < -0.39 is 0 Å². The lowest BCUT2D eigenvalue weighted by Gasteiger charge is -2.21. The van der Waals surface area contributed by atoms with E-state index in [9.17, 15) is 0 Å². The zero-order valence-corrected chi connectivity index (χ0v) is 5.16. The molecule has 0 N–H and O–H groups in total. The van der Waals surface area contributed by atoms with E-state index in [0.29, 0.717) is 4.83 Å². The maximum atomic E-state index is 3.79. The normalized spacial score (nSPS) is 32.8. The van der Waals surface area contributed by atoms with Crippen LogP contribution in [-0.4, -0.2) is 4.83 Å². The van der Waals surface area contributed by atoms with Crippen molar-refractivity contribution < 1.29 is 0 Å². The molecule has 0 nitrogen and oxygen atoms in total. The van der Waals surface area contributed by atoms with Gasteiger partial charge >= 0.3 is 0 Å². The number of allylic oxidation sites excluding steroid dienone is 1. The molecule has 0 heterocycles. The first-order chi connectivity index (χ1) is 2.80. The Morgan fingerprint density at radius 1 is 1.83 bits per heavy atom. The number of rotatable bonds is 0. The minimum absolute atomic E-state index is 0.650. The summed E-state index contributed by atoms with van der Waals surface area (Å²) in [6, 6.07) is 0. The molecule has 34 valence electrons. The molecule has 1 rings (SSSR count). The molecule has 0 saturated heterocycles. The van der Waals surface area contributed by atoms with Crippen molar-refractivity contribution >= 4 is 15.9 Å². The Morgan fingerprint density at radius 3 is 2.33 bits per heavy atom. The van der Waals surface area contributed by atoms with Crippen molar-refractivity contribution in [3.63, 3.8) is 0 Å². The highest BCUT2D eigenvalue weighted by Gasteiger charge is 2.17. The van der Waals surface area contributed by atoms with E-state index in [1.54, 1.807) is 0 Å². The first-order valence-corrected chi connectivity index (χ1v) is 3.04. The smallest absolute Gasteiger partial charge is 0.0355 e. The van der Waals surface area contributed by atoms with Crippen LogP contribution in [0.2, 0.25) is 0 Å². The molecule has 1 unspecified atom stereocenters. The summed E-state index contributed by atoms with van der Waals surface area (Å²) >= 11 is 3.43. The van der Waals surface area contributed by atoms with Crippen molar-refractivity contribution in [1.82, 2.24) is 0 Å². The van der Waals surface area contributed by atoms with Crippen LogP contribution in [0.3, 0.4) is 0 Å². The van der Waals surface area contributed by atoms with E-state index in [-0.39, 0.29) is 0 Å². The lowest BCUT2D eigenvalue weighted by atomic mass is 9.94. The van der Waals surface area contributed by atoms with Gasteiger partial charge in [0, 0.05) is 4.83 Å². The molecular formula is C5H7Br. The van der Waals surface area contributed by atoms with E-state index in [2.05, 4.69) is 22.5 Å². The van der Waals surface area contributed by atoms with Gasteiger partial charge in [-0.1, -0.05) is 28.1 Å². The standard InChI is InChI=1S/C5H7Br/c1-4-2-3-5(4)6/h5H,1-3H2. The van der Waals surface area contributed by atoms with Crippen LogP contribution < -0.4 is 0 Å². The Balaban J connectivity index is 2.39. The van der Waals surface area contributed by atoms with Gasteiger partial charge in [-0.15, -0.1) is 0 Å². The van der Waals surface area contributed by atoms with Crippen molar-refractivity contribution in [3.8, 4) is 0 Å². The molecule has 1 aliphatic rings. The van der Waals surface area contributed by atoms with Crippen LogP contribution in [0.5, 0.6) is 0 Å². The van der Waals surface area contributed by atoms with Gasteiger partial charge in [0.05, 0.1) is 0 Å². The molecule has 0 aromatic rings. The summed E-state index contributed by atoms with van der Waals surface area (Å²) in [6.45, 7) is 3.79. The fraction of sp³-hybridized carbons (Fsp3) is 0.600. The lowest BCUT2D eigenvalue weighted by Crippen LogP contribution is -2.12. The van der Waals surface area contributed by atoms with Crippen LogP contribution in [0, 0.1) is 0 Å². The van der Waals surface area contributed by atoms with Crippen molar-refractivity contribution in [2.24, 2.45) is 0 Å². The molecule has 0 spiro atoms. The van der Waals surface area contributed by atoms with E-state index in [1.165, 1.54) is 18.4 Å². The fourth-order valence-corrected chi connectivity index (χ4v) is 0.915. The van der Waals surface area contributed by atoms with Gasteiger partial charge in [-0.3, -0.25) is 0 Å². The SMILES string of the molecule is C=C1CCC1Br. The first-order valence-electron chi connectivity index (χ1n) is 2.12. The monoisotopic (exact) mass is 146 g/mol. The molecule has 0 aliphatic heterocycles. The summed E-state index contributed by atoms with van der Waals surface area (Å²) < 4.78 is 0. The van der Waals surface area contributed by atoms with E-state index >= 15 is 0 Å². The van der Waals surface area contributed by atoms with Gasteiger partial charge in [0.1, 0.15) is 0 Å². The minimum Gasteiger partial charge on any atom is -0.0987 e. The molecule has 1 saturated carbocycles. The minimum atomic E-state index is 0.650. The summed E-state index contributed by atoms with van der Waals surface area (Å²) in [6.07, 6.45) is 2.52. The zero-order valence-electron chi connectivity index (χ0n) is 3.58. The van der Waals surface area contributed by atoms with Crippen LogP contribution in [-0.2, 0) is 0 Å². The molecule has 0 radical (unpaired) electrons. The highest BCUT2D eigenvalue weighted by Crippen LogP contribution is 2.30. The van der Waals surface area contributed by atoms with Gasteiger partial charge in [-0.2, -0.15) is 0 Å². The Bertz CT molecular complexity index is 76.0. The molecule has 1 fully saturated rings. The Kier molecular flexibility index (Phi) is 1.00. The molecule has 1 aliphatic carbocycles. The van der Waals surface area contributed by atoms with Gasteiger partial charge in [-0.25, -0.2) is 0 Å². The number of hydrogen-bond donors (Lipinski definition) is 0. The van der Waals surface area contributed by atoms with Crippen molar-refractivity contribution in [2.45, 2.75) is 17.7 Å². The molecule has 0 amide bonds. The van der Waals surface area contributed by atoms with E-state index in [1.807, 2.05) is 0 Å². The van der Waals surface area contributed by atoms with Crippen molar-refractivity contribution in [1.29, 1.82) is 0 Å². The quantitative estimate of drug-likeness (QED) is 0.363. The molecule has 6 heavy (non-hydrogen) atoms. The summed E-state index contributed by atoms with van der Waals surface area (Å²) in [5.74, 6) is 0. The molecule has 1 atom stereocenters. The van der Waals surface area contributed by atoms with E-state index in [0.717, 1.165) is 0 Å². The molecule has 0 bridgehead atoms. The predicted octanol–water partition coefficient (Wildman–Crippen LogP) is 2.10. The maximum absolute atomic E-state index is 3.79. The van der Waals surface area contributed by atoms with Gasteiger partial charge in [-0.05, 0) is 12.8 Å². The number of hydrogen-bond acceptors (Lipinski definition) is 0. The maximum Gasteiger partial charge on any atom is 0.0355 e.